The fourth-order valence-electron chi connectivity index (χ4n) is 1.93. The molecule has 0 amide bonds. The van der Waals surface area contributed by atoms with Crippen LogP contribution in [-0.4, -0.2) is 28.1 Å². The van der Waals surface area contributed by atoms with Crippen LogP contribution in [0.5, 0.6) is 17.4 Å². The number of hydrogen-bond acceptors (Lipinski definition) is 5. The monoisotopic (exact) mass is 262 g/mol. The normalized spacial score (nSPS) is 13.8. The summed E-state index contributed by atoms with van der Waals surface area (Å²) in [7, 11) is 1.79. The van der Waals surface area contributed by atoms with E-state index < -0.39 is 6.29 Å². The van der Waals surface area contributed by atoms with E-state index in [1.165, 1.54) is 0 Å². The maximum absolute atomic E-state index is 8.81. The Bertz CT molecular complexity index is 557. The Hall–Kier alpha value is -2.21. The van der Waals surface area contributed by atoms with Crippen molar-refractivity contribution >= 4 is 0 Å². The lowest BCUT2D eigenvalue weighted by Crippen LogP contribution is -2.10. The van der Waals surface area contributed by atoms with Crippen molar-refractivity contribution in [1.82, 2.24) is 9.78 Å². The number of para-hydroxylation sites is 2. The van der Waals surface area contributed by atoms with Crippen molar-refractivity contribution < 1.29 is 19.3 Å². The van der Waals surface area contributed by atoms with E-state index in [1.807, 2.05) is 24.3 Å². The molecule has 1 aromatic heterocycles. The minimum atomic E-state index is -0.570. The Morgan fingerprint density at radius 2 is 2.00 bits per heavy atom. The molecule has 100 valence electrons. The maximum Gasteiger partial charge on any atom is 0.274 e. The van der Waals surface area contributed by atoms with E-state index in [4.69, 9.17) is 19.3 Å². The summed E-state index contributed by atoms with van der Waals surface area (Å²) in [5, 5.41) is 13.0. The Balaban J connectivity index is 1.84. The molecule has 3 rings (SSSR count). The molecule has 0 saturated heterocycles. The number of benzene rings is 1. The number of aliphatic hydroxyl groups is 1. The highest BCUT2D eigenvalue weighted by Gasteiger charge is 2.30. The molecule has 6 heteroatoms. The molecule has 2 aromatic rings. The SMILES string of the molecule is Cn1cc(C2Oc3ccccc3O2)c(OCCO)n1. The first-order chi connectivity index (χ1) is 9.28. The van der Waals surface area contributed by atoms with Crippen molar-refractivity contribution in [3.05, 3.63) is 36.0 Å². The van der Waals surface area contributed by atoms with Gasteiger partial charge >= 0.3 is 0 Å². The van der Waals surface area contributed by atoms with E-state index in [1.54, 1.807) is 17.9 Å². The molecule has 19 heavy (non-hydrogen) atoms. The van der Waals surface area contributed by atoms with Gasteiger partial charge in [-0.3, -0.25) is 4.68 Å². The first kappa shape index (κ1) is 11.9. The van der Waals surface area contributed by atoms with Gasteiger partial charge in [0.15, 0.2) is 11.5 Å². The zero-order valence-corrected chi connectivity index (χ0v) is 10.4. The minimum absolute atomic E-state index is 0.0668. The molecule has 1 aromatic carbocycles. The lowest BCUT2D eigenvalue weighted by molar-refractivity contribution is 0.0452. The lowest BCUT2D eigenvalue weighted by Gasteiger charge is -2.10. The molecule has 0 atom stereocenters. The zero-order valence-electron chi connectivity index (χ0n) is 10.4. The summed E-state index contributed by atoms with van der Waals surface area (Å²) in [6, 6.07) is 7.47. The number of ether oxygens (including phenoxy) is 3. The molecule has 0 radical (unpaired) electrons. The van der Waals surface area contributed by atoms with Crippen LogP contribution in [0.2, 0.25) is 0 Å². The van der Waals surface area contributed by atoms with Crippen LogP contribution in [0.25, 0.3) is 0 Å². The van der Waals surface area contributed by atoms with Crippen molar-refractivity contribution in [3.63, 3.8) is 0 Å². The summed E-state index contributed by atoms with van der Waals surface area (Å²) >= 11 is 0. The number of fused-ring (bicyclic) bond motifs is 1. The topological polar surface area (TPSA) is 65.7 Å². The average Bonchev–Trinajstić information content (AvgIpc) is 2.99. The van der Waals surface area contributed by atoms with Gasteiger partial charge in [0.2, 0.25) is 5.88 Å². The Kier molecular flexibility index (Phi) is 3.00. The summed E-state index contributed by atoms with van der Waals surface area (Å²) in [6.45, 7) is 0.117. The highest BCUT2D eigenvalue weighted by Crippen LogP contribution is 2.41. The van der Waals surface area contributed by atoms with E-state index in [0.29, 0.717) is 22.9 Å². The smallest absolute Gasteiger partial charge is 0.274 e. The second-order valence-corrected chi connectivity index (χ2v) is 4.15. The molecule has 0 bridgehead atoms. The minimum Gasteiger partial charge on any atom is -0.474 e. The van der Waals surface area contributed by atoms with E-state index >= 15 is 0 Å². The first-order valence-corrected chi connectivity index (χ1v) is 5.97. The molecule has 0 unspecified atom stereocenters. The second kappa shape index (κ2) is 4.81. The van der Waals surface area contributed by atoms with Crippen molar-refractivity contribution in [2.45, 2.75) is 6.29 Å². The summed E-state index contributed by atoms with van der Waals surface area (Å²) in [5.74, 6) is 1.81. The fourth-order valence-corrected chi connectivity index (χ4v) is 1.93. The quantitative estimate of drug-likeness (QED) is 0.898. The number of hydrogen-bond donors (Lipinski definition) is 1. The number of aromatic nitrogens is 2. The third-order valence-corrected chi connectivity index (χ3v) is 2.72. The molecule has 1 aliphatic rings. The molecule has 6 nitrogen and oxygen atoms in total. The standard InChI is InChI=1S/C13H14N2O4/c1-15-8-9(12(14-15)17-7-6-16)13-18-10-4-2-3-5-11(10)19-13/h2-5,8,13,16H,6-7H2,1H3. The number of rotatable bonds is 4. The predicted octanol–water partition coefficient (Wildman–Crippen LogP) is 1.26. The largest absolute Gasteiger partial charge is 0.474 e. The summed E-state index contributed by atoms with van der Waals surface area (Å²) in [5.41, 5.74) is 0.701. The van der Waals surface area contributed by atoms with Gasteiger partial charge in [0.1, 0.15) is 12.2 Å². The maximum atomic E-state index is 8.81. The van der Waals surface area contributed by atoms with Crippen LogP contribution in [0.4, 0.5) is 0 Å². The van der Waals surface area contributed by atoms with Crippen LogP contribution < -0.4 is 14.2 Å². The number of nitrogens with zero attached hydrogens (tertiary/aromatic N) is 2. The van der Waals surface area contributed by atoms with Crippen LogP contribution in [0.1, 0.15) is 11.9 Å². The number of aliphatic hydroxyl groups excluding tert-OH is 1. The molecule has 2 heterocycles. The van der Waals surface area contributed by atoms with Crippen molar-refractivity contribution in [2.75, 3.05) is 13.2 Å². The van der Waals surface area contributed by atoms with Gasteiger partial charge < -0.3 is 19.3 Å². The second-order valence-electron chi connectivity index (χ2n) is 4.15. The summed E-state index contributed by atoms with van der Waals surface area (Å²) < 4.78 is 18.4. The van der Waals surface area contributed by atoms with Gasteiger partial charge in [0, 0.05) is 13.2 Å². The van der Waals surface area contributed by atoms with Gasteiger partial charge in [0.05, 0.1) is 6.61 Å². The molecular formula is C13H14N2O4. The Morgan fingerprint density at radius 3 is 2.63 bits per heavy atom. The van der Waals surface area contributed by atoms with E-state index in [9.17, 15) is 0 Å². The van der Waals surface area contributed by atoms with Crippen LogP contribution in [0, 0.1) is 0 Å². The van der Waals surface area contributed by atoms with Gasteiger partial charge in [0.25, 0.3) is 6.29 Å². The van der Waals surface area contributed by atoms with E-state index in [0.717, 1.165) is 0 Å². The third kappa shape index (κ3) is 2.22. The average molecular weight is 262 g/mol. The Morgan fingerprint density at radius 1 is 1.32 bits per heavy atom. The predicted molar refractivity (Wildman–Crippen MR) is 66.2 cm³/mol. The van der Waals surface area contributed by atoms with Gasteiger partial charge in [-0.15, -0.1) is 5.10 Å². The Labute approximate surface area is 110 Å². The molecule has 0 saturated carbocycles. The zero-order chi connectivity index (χ0) is 13.2. The summed E-state index contributed by atoms with van der Waals surface area (Å²) in [6.07, 6.45) is 1.21. The molecule has 0 spiro atoms. The molecule has 1 N–H and O–H groups in total. The molecular weight excluding hydrogens is 248 g/mol. The van der Waals surface area contributed by atoms with E-state index in [-0.39, 0.29) is 13.2 Å². The van der Waals surface area contributed by atoms with E-state index in [2.05, 4.69) is 5.10 Å². The molecule has 0 fully saturated rings. The highest BCUT2D eigenvalue weighted by atomic mass is 16.7. The third-order valence-electron chi connectivity index (χ3n) is 2.72. The molecule has 1 aliphatic heterocycles. The number of aryl methyl sites for hydroxylation is 1. The van der Waals surface area contributed by atoms with Crippen LogP contribution in [0.3, 0.4) is 0 Å². The van der Waals surface area contributed by atoms with Crippen molar-refractivity contribution in [1.29, 1.82) is 0 Å². The van der Waals surface area contributed by atoms with Crippen LogP contribution in [0.15, 0.2) is 30.5 Å². The van der Waals surface area contributed by atoms with Crippen LogP contribution in [-0.2, 0) is 7.05 Å². The van der Waals surface area contributed by atoms with Gasteiger partial charge in [-0.1, -0.05) is 12.1 Å². The van der Waals surface area contributed by atoms with Crippen LogP contribution >= 0.6 is 0 Å². The van der Waals surface area contributed by atoms with Gasteiger partial charge in [-0.2, -0.15) is 0 Å². The first-order valence-electron chi connectivity index (χ1n) is 5.97. The lowest BCUT2D eigenvalue weighted by atomic mass is 10.3. The summed E-state index contributed by atoms with van der Waals surface area (Å²) in [4.78, 5) is 0. The van der Waals surface area contributed by atoms with Crippen molar-refractivity contribution in [2.24, 2.45) is 7.05 Å². The highest BCUT2D eigenvalue weighted by molar-refractivity contribution is 5.43. The van der Waals surface area contributed by atoms with Gasteiger partial charge in [-0.25, -0.2) is 0 Å². The van der Waals surface area contributed by atoms with Crippen molar-refractivity contribution in [3.8, 4) is 17.4 Å². The fraction of sp³-hybridized carbons (Fsp3) is 0.308. The molecule has 0 aliphatic carbocycles. The van der Waals surface area contributed by atoms with Gasteiger partial charge in [-0.05, 0) is 12.1 Å².